The summed E-state index contributed by atoms with van der Waals surface area (Å²) in [5.74, 6) is 0. The summed E-state index contributed by atoms with van der Waals surface area (Å²) in [6.07, 6.45) is 1.20. The molecule has 2 radical (unpaired) electrons. The van der Waals surface area contributed by atoms with E-state index in [1.165, 1.54) is 0 Å². The predicted molar refractivity (Wildman–Crippen MR) is 33.8 cm³/mol. The lowest BCUT2D eigenvalue weighted by molar-refractivity contribution is 0.239. The summed E-state index contributed by atoms with van der Waals surface area (Å²) >= 11 is 0. The van der Waals surface area contributed by atoms with Crippen molar-refractivity contribution in [3.05, 3.63) is 0 Å². The van der Waals surface area contributed by atoms with E-state index in [0.29, 0.717) is 0 Å². The highest BCUT2D eigenvalue weighted by molar-refractivity contribution is 5.98. The molecule has 0 aromatic rings. The van der Waals surface area contributed by atoms with Gasteiger partial charge in [0.2, 0.25) is 0 Å². The smallest absolute Gasteiger partial charge is 0.282 e. The molecule has 0 saturated heterocycles. The van der Waals surface area contributed by atoms with Crippen molar-refractivity contribution < 1.29 is 4.65 Å². The SMILES string of the molecule is Cl.[B]OC(C)CC. The van der Waals surface area contributed by atoms with Crippen LogP contribution in [0.1, 0.15) is 20.3 Å². The topological polar surface area (TPSA) is 9.23 Å². The van der Waals surface area contributed by atoms with Crippen molar-refractivity contribution in [3.8, 4) is 0 Å². The number of hydrogen-bond acceptors (Lipinski definition) is 1. The first-order valence-corrected chi connectivity index (χ1v) is 2.16. The first-order chi connectivity index (χ1) is 2.81. The molecule has 0 rings (SSSR count). The Balaban J connectivity index is 0. The van der Waals surface area contributed by atoms with E-state index >= 15 is 0 Å². The van der Waals surface area contributed by atoms with E-state index < -0.39 is 0 Å². The molecule has 0 fully saturated rings. The summed E-state index contributed by atoms with van der Waals surface area (Å²) in [6.45, 7) is 3.96. The second kappa shape index (κ2) is 6.31. The molecule has 0 heterocycles. The van der Waals surface area contributed by atoms with Gasteiger partial charge in [0.25, 0.3) is 8.05 Å². The maximum absolute atomic E-state index is 4.78. The molecule has 42 valence electrons. The molecule has 0 bridgehead atoms. The highest BCUT2D eigenvalue weighted by Gasteiger charge is 1.87. The third kappa shape index (κ3) is 6.31. The van der Waals surface area contributed by atoms with Crippen molar-refractivity contribution in [2.75, 3.05) is 0 Å². The third-order valence-corrected chi connectivity index (χ3v) is 0.807. The van der Waals surface area contributed by atoms with Gasteiger partial charge in [0.15, 0.2) is 0 Å². The third-order valence-electron chi connectivity index (χ3n) is 0.807. The molecule has 0 amide bonds. The van der Waals surface area contributed by atoms with Crippen LogP contribution >= 0.6 is 12.4 Å². The van der Waals surface area contributed by atoms with Gasteiger partial charge in [-0.05, 0) is 13.3 Å². The average molecular weight is 120 g/mol. The van der Waals surface area contributed by atoms with Crippen LogP contribution in [-0.4, -0.2) is 14.2 Å². The number of halogens is 1. The fourth-order valence-corrected chi connectivity index (χ4v) is 0.0962. The van der Waals surface area contributed by atoms with Crippen LogP contribution in [0.3, 0.4) is 0 Å². The Bertz CT molecular complexity index is 30.9. The predicted octanol–water partition coefficient (Wildman–Crippen LogP) is 1.31. The zero-order valence-electron chi connectivity index (χ0n) is 4.68. The van der Waals surface area contributed by atoms with Gasteiger partial charge in [-0.1, -0.05) is 6.92 Å². The fraction of sp³-hybridized carbons (Fsp3) is 1.00. The molecule has 7 heavy (non-hydrogen) atoms. The van der Waals surface area contributed by atoms with Crippen LogP contribution in [0.25, 0.3) is 0 Å². The lowest BCUT2D eigenvalue weighted by atomic mass is 10.3. The van der Waals surface area contributed by atoms with Gasteiger partial charge in [-0.3, -0.25) is 0 Å². The average Bonchev–Trinajstić information content (AvgIpc) is 1.65. The molecule has 1 atom stereocenters. The normalized spacial score (nSPS) is 12.3. The highest BCUT2D eigenvalue weighted by atomic mass is 35.5. The monoisotopic (exact) mass is 120 g/mol. The van der Waals surface area contributed by atoms with Gasteiger partial charge in [0, 0.05) is 6.10 Å². The Morgan fingerprint density at radius 1 is 1.71 bits per heavy atom. The fourth-order valence-electron chi connectivity index (χ4n) is 0.0962. The summed E-state index contributed by atoms with van der Waals surface area (Å²) in [7, 11) is 4.78. The Kier molecular flexibility index (Phi) is 9.32. The Labute approximate surface area is 52.3 Å². The maximum atomic E-state index is 4.78. The van der Waals surface area contributed by atoms with E-state index in [1.807, 2.05) is 13.8 Å². The van der Waals surface area contributed by atoms with Gasteiger partial charge in [0.05, 0.1) is 0 Å². The lowest BCUT2D eigenvalue weighted by Gasteiger charge is -2.02. The molecule has 0 aromatic carbocycles. The molecule has 0 aliphatic carbocycles. The second-order valence-electron chi connectivity index (χ2n) is 1.35. The van der Waals surface area contributed by atoms with Crippen molar-refractivity contribution in [2.24, 2.45) is 0 Å². The zero-order valence-corrected chi connectivity index (χ0v) is 5.49. The molecule has 1 unspecified atom stereocenters. The molecule has 3 heteroatoms. The molecule has 0 aliphatic heterocycles. The molecule has 0 saturated carbocycles. The molecule has 0 N–H and O–H groups in total. The molecule has 0 aliphatic rings. The van der Waals surface area contributed by atoms with Crippen molar-refractivity contribution in [1.82, 2.24) is 0 Å². The van der Waals surface area contributed by atoms with Crippen LogP contribution in [0.4, 0.5) is 0 Å². The summed E-state index contributed by atoms with van der Waals surface area (Å²) in [6, 6.07) is 0. The van der Waals surface area contributed by atoms with Gasteiger partial charge in [-0.25, -0.2) is 0 Å². The Morgan fingerprint density at radius 3 is 2.14 bits per heavy atom. The van der Waals surface area contributed by atoms with Gasteiger partial charge in [-0.15, -0.1) is 12.4 Å². The number of hydrogen-bond donors (Lipinski definition) is 0. The van der Waals surface area contributed by atoms with Crippen molar-refractivity contribution in [1.29, 1.82) is 0 Å². The highest BCUT2D eigenvalue weighted by Crippen LogP contribution is 1.89. The molecule has 0 spiro atoms. The van der Waals surface area contributed by atoms with E-state index in [9.17, 15) is 0 Å². The van der Waals surface area contributed by atoms with Crippen molar-refractivity contribution in [3.63, 3.8) is 0 Å². The van der Waals surface area contributed by atoms with Crippen molar-refractivity contribution >= 4 is 20.5 Å². The van der Waals surface area contributed by atoms with Gasteiger partial charge in [0.1, 0.15) is 0 Å². The van der Waals surface area contributed by atoms with Crippen molar-refractivity contribution in [2.45, 2.75) is 26.4 Å². The van der Waals surface area contributed by atoms with E-state index in [1.54, 1.807) is 0 Å². The van der Waals surface area contributed by atoms with Crippen LogP contribution in [-0.2, 0) is 4.65 Å². The molecular formula is C4H10BClO. The van der Waals surface area contributed by atoms with Crippen LogP contribution in [0.5, 0.6) is 0 Å². The molecular weight excluding hydrogens is 110 g/mol. The zero-order chi connectivity index (χ0) is 4.99. The standard InChI is InChI=1S/C4H9BO.ClH/c1-3-4(2)6-5;/h4H,3H2,1-2H3;1H. The summed E-state index contributed by atoms with van der Waals surface area (Å²) in [5, 5.41) is 0. The van der Waals surface area contributed by atoms with Gasteiger partial charge >= 0.3 is 0 Å². The Hall–Kier alpha value is 0.315. The Morgan fingerprint density at radius 2 is 2.14 bits per heavy atom. The van der Waals surface area contributed by atoms with Crippen LogP contribution in [0, 0.1) is 0 Å². The first-order valence-electron chi connectivity index (χ1n) is 2.16. The van der Waals surface area contributed by atoms with E-state index in [-0.39, 0.29) is 18.5 Å². The van der Waals surface area contributed by atoms with E-state index in [4.69, 9.17) is 8.05 Å². The largest absolute Gasteiger partial charge is 0.445 e. The summed E-state index contributed by atoms with van der Waals surface area (Å²) in [4.78, 5) is 0. The minimum absolute atomic E-state index is 0. The van der Waals surface area contributed by atoms with Crippen LogP contribution in [0.15, 0.2) is 0 Å². The first kappa shape index (κ1) is 10.3. The maximum Gasteiger partial charge on any atom is 0.282 e. The van der Waals surface area contributed by atoms with Gasteiger partial charge < -0.3 is 4.65 Å². The number of rotatable bonds is 2. The van der Waals surface area contributed by atoms with Gasteiger partial charge in [-0.2, -0.15) is 0 Å². The van der Waals surface area contributed by atoms with Crippen LogP contribution in [0.2, 0.25) is 0 Å². The second-order valence-corrected chi connectivity index (χ2v) is 1.35. The molecule has 0 aromatic heterocycles. The minimum atomic E-state index is 0. The van der Waals surface area contributed by atoms with E-state index in [2.05, 4.69) is 4.65 Å². The van der Waals surface area contributed by atoms with Crippen LogP contribution < -0.4 is 0 Å². The summed E-state index contributed by atoms with van der Waals surface area (Å²) in [5.41, 5.74) is 0. The lowest BCUT2D eigenvalue weighted by Crippen LogP contribution is -2.01. The molecule has 1 nitrogen and oxygen atoms in total. The summed E-state index contributed by atoms with van der Waals surface area (Å²) < 4.78 is 4.40. The minimum Gasteiger partial charge on any atom is -0.445 e. The van der Waals surface area contributed by atoms with E-state index in [0.717, 1.165) is 6.42 Å². The quantitative estimate of drug-likeness (QED) is 0.499.